The highest BCUT2D eigenvalue weighted by molar-refractivity contribution is 5.79. The van der Waals surface area contributed by atoms with Crippen molar-refractivity contribution in [2.75, 3.05) is 13.1 Å². The van der Waals surface area contributed by atoms with E-state index >= 15 is 0 Å². The molecule has 0 radical (unpaired) electrons. The maximum absolute atomic E-state index is 12.3. The molecule has 1 aromatic heterocycles. The average Bonchev–Trinajstić information content (AvgIpc) is 2.55. The molecule has 0 fully saturated rings. The Bertz CT molecular complexity index is 694. The van der Waals surface area contributed by atoms with Crippen LogP contribution in [0.4, 0.5) is 0 Å². The Hall–Kier alpha value is -2.17. The van der Waals surface area contributed by atoms with Crippen molar-refractivity contribution in [3.05, 3.63) is 40.7 Å². The Labute approximate surface area is 130 Å². The van der Waals surface area contributed by atoms with Crippen molar-refractivity contribution in [1.82, 2.24) is 14.7 Å². The summed E-state index contributed by atoms with van der Waals surface area (Å²) in [5.41, 5.74) is 0.690. The Balaban J connectivity index is 2.10. The predicted octanol–water partition coefficient (Wildman–Crippen LogP) is 2.44. The van der Waals surface area contributed by atoms with Crippen molar-refractivity contribution < 1.29 is 4.79 Å². The summed E-state index contributed by atoms with van der Waals surface area (Å²) in [5, 5.41) is 4.80. The molecule has 0 N–H and O–H groups in total. The zero-order valence-electron chi connectivity index (χ0n) is 13.3. The molecule has 0 saturated carbocycles. The fourth-order valence-corrected chi connectivity index (χ4v) is 2.51. The number of aromatic nitrogens is 2. The van der Waals surface area contributed by atoms with Gasteiger partial charge in [-0.2, -0.15) is 5.10 Å². The van der Waals surface area contributed by atoms with Crippen LogP contribution in [0.3, 0.4) is 0 Å². The maximum atomic E-state index is 12.3. The summed E-state index contributed by atoms with van der Waals surface area (Å²) in [6.07, 6.45) is 3.83. The number of hydrogen-bond acceptors (Lipinski definition) is 3. The normalized spacial score (nSPS) is 10.8. The van der Waals surface area contributed by atoms with Crippen LogP contribution in [-0.2, 0) is 11.3 Å². The van der Waals surface area contributed by atoms with Crippen LogP contribution >= 0.6 is 0 Å². The molecule has 0 aliphatic carbocycles. The van der Waals surface area contributed by atoms with Gasteiger partial charge in [0, 0.05) is 24.9 Å². The molecule has 0 spiro atoms. The largest absolute Gasteiger partial charge is 0.343 e. The Morgan fingerprint density at radius 2 is 2.05 bits per heavy atom. The predicted molar refractivity (Wildman–Crippen MR) is 87.8 cm³/mol. The number of aryl methyl sites for hydroxylation is 1. The molecule has 0 unspecified atom stereocenters. The van der Waals surface area contributed by atoms with E-state index in [1.807, 2.05) is 30.0 Å². The lowest BCUT2D eigenvalue weighted by Crippen LogP contribution is -2.32. The van der Waals surface area contributed by atoms with Gasteiger partial charge in [0.05, 0.1) is 18.3 Å². The molecule has 0 aliphatic rings. The summed E-state index contributed by atoms with van der Waals surface area (Å²) < 4.78 is 1.74. The van der Waals surface area contributed by atoms with Crippen molar-refractivity contribution >= 4 is 16.8 Å². The average molecular weight is 301 g/mol. The van der Waals surface area contributed by atoms with E-state index in [-0.39, 0.29) is 11.3 Å². The zero-order chi connectivity index (χ0) is 15.9. The van der Waals surface area contributed by atoms with Gasteiger partial charge in [-0.25, -0.2) is 0 Å². The van der Waals surface area contributed by atoms with Crippen LogP contribution in [0, 0.1) is 0 Å². The smallest absolute Gasteiger partial charge is 0.224 e. The van der Waals surface area contributed by atoms with Gasteiger partial charge in [-0.05, 0) is 25.5 Å². The van der Waals surface area contributed by atoms with Crippen LogP contribution in [0.2, 0.25) is 0 Å². The van der Waals surface area contributed by atoms with Gasteiger partial charge in [-0.15, -0.1) is 0 Å². The molecule has 1 aromatic carbocycles. The van der Waals surface area contributed by atoms with Crippen molar-refractivity contribution in [2.45, 2.75) is 39.7 Å². The van der Waals surface area contributed by atoms with Crippen LogP contribution in [0.1, 0.15) is 33.1 Å². The summed E-state index contributed by atoms with van der Waals surface area (Å²) in [4.78, 5) is 26.0. The topological polar surface area (TPSA) is 55.2 Å². The Morgan fingerprint density at radius 3 is 2.77 bits per heavy atom. The SMILES string of the molecule is CCCCN(CC)C(=O)CCn1ncc(=O)c2ccccc21. The van der Waals surface area contributed by atoms with Gasteiger partial charge in [0.2, 0.25) is 11.3 Å². The summed E-state index contributed by atoms with van der Waals surface area (Å²) in [5.74, 6) is 0.139. The number of hydrogen-bond donors (Lipinski definition) is 0. The first kappa shape index (κ1) is 16.2. The van der Waals surface area contributed by atoms with Crippen molar-refractivity contribution in [1.29, 1.82) is 0 Å². The van der Waals surface area contributed by atoms with Gasteiger partial charge in [0.25, 0.3) is 0 Å². The second kappa shape index (κ2) is 7.73. The number of unbranched alkanes of at least 4 members (excludes halogenated alkanes) is 1. The Morgan fingerprint density at radius 1 is 1.27 bits per heavy atom. The molecule has 2 rings (SSSR count). The molecule has 0 atom stereocenters. The molecule has 0 saturated heterocycles. The molecule has 0 aliphatic heterocycles. The number of amides is 1. The van der Waals surface area contributed by atoms with Crippen molar-refractivity contribution in [3.8, 4) is 0 Å². The van der Waals surface area contributed by atoms with Gasteiger partial charge >= 0.3 is 0 Å². The molecule has 5 heteroatoms. The highest BCUT2D eigenvalue weighted by Gasteiger charge is 2.12. The van der Waals surface area contributed by atoms with Crippen molar-refractivity contribution in [3.63, 3.8) is 0 Å². The zero-order valence-corrected chi connectivity index (χ0v) is 13.3. The summed E-state index contributed by atoms with van der Waals surface area (Å²) in [6.45, 7) is 6.15. The van der Waals surface area contributed by atoms with Crippen LogP contribution in [0.15, 0.2) is 35.3 Å². The molecule has 22 heavy (non-hydrogen) atoms. The fraction of sp³-hybridized carbons (Fsp3) is 0.471. The van der Waals surface area contributed by atoms with Crippen LogP contribution < -0.4 is 5.43 Å². The first-order valence-electron chi connectivity index (χ1n) is 7.90. The molecular formula is C17H23N3O2. The van der Waals surface area contributed by atoms with Gasteiger partial charge in [0.1, 0.15) is 0 Å². The molecular weight excluding hydrogens is 278 g/mol. The third-order valence-electron chi connectivity index (χ3n) is 3.82. The minimum atomic E-state index is -0.0868. The molecule has 2 aromatic rings. The van der Waals surface area contributed by atoms with E-state index in [0.29, 0.717) is 18.4 Å². The lowest BCUT2D eigenvalue weighted by atomic mass is 10.2. The van der Waals surface area contributed by atoms with Gasteiger partial charge in [-0.3, -0.25) is 14.3 Å². The van der Waals surface area contributed by atoms with E-state index in [0.717, 1.165) is 31.4 Å². The number of fused-ring (bicyclic) bond motifs is 1. The Kier molecular flexibility index (Phi) is 5.69. The number of nitrogens with zero attached hydrogens (tertiary/aromatic N) is 3. The number of rotatable bonds is 7. The van der Waals surface area contributed by atoms with E-state index in [4.69, 9.17) is 0 Å². The van der Waals surface area contributed by atoms with E-state index in [1.54, 1.807) is 10.7 Å². The lowest BCUT2D eigenvalue weighted by Gasteiger charge is -2.21. The number of carbonyl (C=O) groups is 1. The lowest BCUT2D eigenvalue weighted by molar-refractivity contribution is -0.131. The van der Waals surface area contributed by atoms with E-state index in [9.17, 15) is 9.59 Å². The standard InChI is InChI=1S/C17H23N3O2/c1-3-5-11-19(4-2)17(22)10-12-20-15-9-7-6-8-14(15)16(21)13-18-20/h6-9,13H,3-5,10-12H2,1-2H3. The highest BCUT2D eigenvalue weighted by atomic mass is 16.2. The summed E-state index contributed by atoms with van der Waals surface area (Å²) in [6, 6.07) is 7.37. The van der Waals surface area contributed by atoms with Crippen LogP contribution in [0.25, 0.3) is 10.9 Å². The van der Waals surface area contributed by atoms with Crippen LogP contribution in [-0.4, -0.2) is 33.7 Å². The monoisotopic (exact) mass is 301 g/mol. The van der Waals surface area contributed by atoms with Gasteiger partial charge in [-0.1, -0.05) is 25.5 Å². The second-order valence-electron chi connectivity index (χ2n) is 5.33. The second-order valence-corrected chi connectivity index (χ2v) is 5.33. The molecule has 5 nitrogen and oxygen atoms in total. The fourth-order valence-electron chi connectivity index (χ4n) is 2.51. The molecule has 0 bridgehead atoms. The number of para-hydroxylation sites is 1. The first-order valence-corrected chi connectivity index (χ1v) is 7.90. The van der Waals surface area contributed by atoms with Gasteiger partial charge < -0.3 is 4.90 Å². The van der Waals surface area contributed by atoms with Crippen molar-refractivity contribution in [2.24, 2.45) is 0 Å². The molecule has 1 heterocycles. The minimum Gasteiger partial charge on any atom is -0.343 e. The first-order chi connectivity index (χ1) is 10.7. The third-order valence-corrected chi connectivity index (χ3v) is 3.82. The number of carbonyl (C=O) groups excluding carboxylic acids is 1. The minimum absolute atomic E-state index is 0.0868. The van der Waals surface area contributed by atoms with Crippen LogP contribution in [0.5, 0.6) is 0 Å². The molecule has 118 valence electrons. The van der Waals surface area contributed by atoms with Gasteiger partial charge in [0.15, 0.2) is 0 Å². The highest BCUT2D eigenvalue weighted by Crippen LogP contribution is 2.09. The maximum Gasteiger partial charge on any atom is 0.224 e. The van der Waals surface area contributed by atoms with E-state index in [2.05, 4.69) is 12.0 Å². The third kappa shape index (κ3) is 3.72. The van der Waals surface area contributed by atoms with E-state index < -0.39 is 0 Å². The van der Waals surface area contributed by atoms with E-state index in [1.165, 1.54) is 6.20 Å². The summed E-state index contributed by atoms with van der Waals surface area (Å²) >= 11 is 0. The summed E-state index contributed by atoms with van der Waals surface area (Å²) in [7, 11) is 0. The quantitative estimate of drug-likeness (QED) is 0.789. The molecule has 1 amide bonds. The number of benzene rings is 1.